The Morgan fingerprint density at radius 1 is 1.33 bits per heavy atom. The Balaban J connectivity index is 1.62. The average molecular weight is 420 g/mol. The zero-order valence-corrected chi connectivity index (χ0v) is 16.2. The van der Waals surface area contributed by atoms with Crippen molar-refractivity contribution in [2.75, 3.05) is 17.7 Å². The summed E-state index contributed by atoms with van der Waals surface area (Å²) >= 11 is 0. The van der Waals surface area contributed by atoms with Crippen molar-refractivity contribution in [2.45, 2.75) is 31.6 Å². The van der Waals surface area contributed by atoms with E-state index in [1.54, 1.807) is 37.3 Å². The van der Waals surface area contributed by atoms with E-state index in [-0.39, 0.29) is 17.9 Å². The molecule has 10 heteroatoms. The second-order valence-electron chi connectivity index (χ2n) is 7.00. The fourth-order valence-corrected chi connectivity index (χ4v) is 3.45. The maximum Gasteiger partial charge on any atom is 0.410 e. The van der Waals surface area contributed by atoms with E-state index in [9.17, 15) is 18.0 Å². The van der Waals surface area contributed by atoms with Crippen LogP contribution in [-0.2, 0) is 0 Å². The number of fused-ring (bicyclic) bond motifs is 1. The van der Waals surface area contributed by atoms with Crippen molar-refractivity contribution in [3.8, 4) is 5.75 Å². The van der Waals surface area contributed by atoms with Gasteiger partial charge >= 0.3 is 6.18 Å². The normalized spacial score (nSPS) is 18.4. The molecule has 30 heavy (non-hydrogen) atoms. The predicted octanol–water partition coefficient (Wildman–Crippen LogP) is 4.71. The van der Waals surface area contributed by atoms with Crippen molar-refractivity contribution in [1.82, 2.24) is 9.78 Å². The van der Waals surface area contributed by atoms with E-state index in [2.05, 4.69) is 15.7 Å². The van der Waals surface area contributed by atoms with Crippen LogP contribution in [0.5, 0.6) is 5.75 Å². The highest BCUT2D eigenvalue weighted by molar-refractivity contribution is 6.03. The highest BCUT2D eigenvalue weighted by Gasteiger charge is 2.47. The molecule has 0 unspecified atom stereocenters. The van der Waals surface area contributed by atoms with Crippen LogP contribution in [-0.4, -0.2) is 29.0 Å². The van der Waals surface area contributed by atoms with Gasteiger partial charge in [-0.05, 0) is 42.8 Å². The first kappa shape index (κ1) is 19.9. The summed E-state index contributed by atoms with van der Waals surface area (Å²) < 4.78 is 52.3. The molecule has 1 aromatic carbocycles. The second kappa shape index (κ2) is 7.43. The van der Waals surface area contributed by atoms with E-state index in [1.807, 2.05) is 0 Å². The first-order chi connectivity index (χ1) is 14.3. The van der Waals surface area contributed by atoms with Crippen molar-refractivity contribution in [2.24, 2.45) is 0 Å². The molecular formula is C20H19F3N4O3. The van der Waals surface area contributed by atoms with E-state index in [0.29, 0.717) is 17.2 Å². The van der Waals surface area contributed by atoms with Gasteiger partial charge in [0.1, 0.15) is 17.3 Å². The van der Waals surface area contributed by atoms with E-state index in [0.717, 1.165) is 10.2 Å². The lowest BCUT2D eigenvalue weighted by Crippen LogP contribution is -2.35. The molecule has 0 fully saturated rings. The Labute approximate surface area is 169 Å². The molecule has 0 bridgehead atoms. The number of hydrogen-bond donors (Lipinski definition) is 2. The molecule has 0 saturated carbocycles. The molecular weight excluding hydrogens is 401 g/mol. The number of nitrogens with zero attached hydrogens (tertiary/aromatic N) is 2. The van der Waals surface area contributed by atoms with Gasteiger partial charge in [0, 0.05) is 18.2 Å². The molecule has 2 atom stereocenters. The van der Waals surface area contributed by atoms with Gasteiger partial charge < -0.3 is 19.8 Å². The van der Waals surface area contributed by atoms with Gasteiger partial charge in [-0.3, -0.25) is 4.79 Å². The molecule has 4 rings (SSSR count). The molecule has 158 valence electrons. The smallest absolute Gasteiger partial charge is 0.410 e. The molecule has 0 saturated heterocycles. The fraction of sp³-hybridized carbons (Fsp3) is 0.300. The van der Waals surface area contributed by atoms with Crippen LogP contribution in [0.25, 0.3) is 0 Å². The van der Waals surface area contributed by atoms with Crippen LogP contribution in [0.1, 0.15) is 40.3 Å². The minimum atomic E-state index is -4.53. The van der Waals surface area contributed by atoms with Gasteiger partial charge in [-0.25, -0.2) is 4.68 Å². The number of furan rings is 1. The number of ether oxygens (including phenoxy) is 1. The Morgan fingerprint density at radius 2 is 2.13 bits per heavy atom. The molecule has 1 amide bonds. The van der Waals surface area contributed by atoms with E-state index in [1.165, 1.54) is 19.4 Å². The number of hydrogen-bond acceptors (Lipinski definition) is 5. The SMILES string of the molecule is COc1ccc(NC(=O)c2cc3n(n2)[C@H](C(F)(F)F)C[C@H](c2ccco2)N3)c(C)c1. The molecule has 1 aliphatic heterocycles. The lowest BCUT2D eigenvalue weighted by atomic mass is 10.0. The first-order valence-corrected chi connectivity index (χ1v) is 9.18. The number of aryl methyl sites for hydroxylation is 1. The molecule has 3 aromatic rings. The summed E-state index contributed by atoms with van der Waals surface area (Å²) in [6.07, 6.45) is -3.43. The molecule has 0 spiro atoms. The number of methoxy groups -OCH3 is 1. The number of rotatable bonds is 4. The van der Waals surface area contributed by atoms with Gasteiger partial charge in [0.05, 0.1) is 19.4 Å². The number of nitrogens with one attached hydrogen (secondary N) is 2. The molecule has 2 aromatic heterocycles. The van der Waals surface area contributed by atoms with Crippen LogP contribution < -0.4 is 15.4 Å². The van der Waals surface area contributed by atoms with Crippen molar-refractivity contribution in [1.29, 1.82) is 0 Å². The van der Waals surface area contributed by atoms with Gasteiger partial charge in [0.2, 0.25) is 0 Å². The molecule has 0 aliphatic carbocycles. The third-order valence-electron chi connectivity index (χ3n) is 4.99. The maximum absolute atomic E-state index is 13.7. The van der Waals surface area contributed by atoms with E-state index in [4.69, 9.17) is 9.15 Å². The maximum atomic E-state index is 13.7. The molecule has 0 radical (unpaired) electrons. The number of amides is 1. The monoisotopic (exact) mass is 420 g/mol. The summed E-state index contributed by atoms with van der Waals surface area (Å²) in [7, 11) is 1.53. The van der Waals surface area contributed by atoms with Gasteiger partial charge in [0.25, 0.3) is 5.91 Å². The summed E-state index contributed by atoms with van der Waals surface area (Å²) in [6, 6.07) is 7.04. The Bertz CT molecular complexity index is 1060. The van der Waals surface area contributed by atoms with Crippen molar-refractivity contribution < 1.29 is 27.1 Å². The third-order valence-corrected chi connectivity index (χ3v) is 4.99. The molecule has 3 heterocycles. The highest BCUT2D eigenvalue weighted by Crippen LogP contribution is 2.43. The number of benzene rings is 1. The first-order valence-electron chi connectivity index (χ1n) is 9.18. The van der Waals surface area contributed by atoms with Crippen LogP contribution in [0.2, 0.25) is 0 Å². The Kier molecular flexibility index (Phi) is 4.92. The second-order valence-corrected chi connectivity index (χ2v) is 7.00. The summed E-state index contributed by atoms with van der Waals surface area (Å²) in [6.45, 7) is 1.78. The van der Waals surface area contributed by atoms with Crippen LogP contribution >= 0.6 is 0 Å². The predicted molar refractivity (Wildman–Crippen MR) is 103 cm³/mol. The van der Waals surface area contributed by atoms with Crippen molar-refractivity contribution in [3.05, 3.63) is 59.7 Å². The van der Waals surface area contributed by atoms with Crippen molar-refractivity contribution >= 4 is 17.4 Å². The van der Waals surface area contributed by atoms with Crippen LogP contribution in [0.3, 0.4) is 0 Å². The third kappa shape index (κ3) is 3.72. The number of carbonyl (C=O) groups excluding carboxylic acids is 1. The van der Waals surface area contributed by atoms with Gasteiger partial charge in [0.15, 0.2) is 11.7 Å². The summed E-state index contributed by atoms with van der Waals surface area (Å²) in [5.41, 5.74) is 1.14. The van der Waals surface area contributed by atoms with Gasteiger partial charge in [-0.1, -0.05) is 0 Å². The fourth-order valence-electron chi connectivity index (χ4n) is 3.45. The van der Waals surface area contributed by atoms with Crippen molar-refractivity contribution in [3.63, 3.8) is 0 Å². The van der Waals surface area contributed by atoms with Crippen LogP contribution in [0.15, 0.2) is 47.1 Å². The Morgan fingerprint density at radius 3 is 2.77 bits per heavy atom. The molecule has 1 aliphatic rings. The number of alkyl halides is 3. The lowest BCUT2D eigenvalue weighted by molar-refractivity contribution is -0.174. The van der Waals surface area contributed by atoms with Gasteiger partial charge in [-0.2, -0.15) is 18.3 Å². The lowest BCUT2D eigenvalue weighted by Gasteiger charge is -2.32. The quantitative estimate of drug-likeness (QED) is 0.639. The molecule has 7 nitrogen and oxygen atoms in total. The van der Waals surface area contributed by atoms with Gasteiger partial charge in [-0.15, -0.1) is 0 Å². The zero-order valence-electron chi connectivity index (χ0n) is 16.2. The summed E-state index contributed by atoms with van der Waals surface area (Å²) in [4.78, 5) is 12.7. The van der Waals surface area contributed by atoms with Crippen LogP contribution in [0, 0.1) is 6.92 Å². The standard InChI is InChI=1S/C20H19F3N4O3/c1-11-8-12(29-2)5-6-13(11)25-19(28)15-10-18-24-14(16-4-3-7-30-16)9-17(20(21,22)23)27(18)26-15/h3-8,10,14,17,24H,9H2,1-2H3,(H,25,28)/t14-,17+/m1/s1. The number of anilines is 2. The minimum absolute atomic E-state index is 0.0987. The average Bonchev–Trinajstić information content (AvgIpc) is 3.37. The largest absolute Gasteiger partial charge is 0.497 e. The van der Waals surface area contributed by atoms with E-state index < -0.39 is 24.2 Å². The van der Waals surface area contributed by atoms with Crippen LogP contribution in [0.4, 0.5) is 24.7 Å². The highest BCUT2D eigenvalue weighted by atomic mass is 19.4. The summed E-state index contributed by atoms with van der Waals surface area (Å²) in [5.74, 6) is 0.504. The Hall–Kier alpha value is -3.43. The zero-order chi connectivity index (χ0) is 21.5. The number of halogens is 3. The number of carbonyl (C=O) groups is 1. The summed E-state index contributed by atoms with van der Waals surface area (Å²) in [5, 5.41) is 9.60. The van der Waals surface area contributed by atoms with E-state index >= 15 is 0 Å². The minimum Gasteiger partial charge on any atom is -0.497 e. The topological polar surface area (TPSA) is 81.3 Å². The number of aromatic nitrogens is 2. The molecule has 2 N–H and O–H groups in total.